The van der Waals surface area contributed by atoms with Gasteiger partial charge in [0.15, 0.2) is 6.29 Å². The molecule has 0 aromatic rings. The highest BCUT2D eigenvalue weighted by molar-refractivity contribution is 5.76. The smallest absolute Gasteiger partial charge is 0.305 e. The van der Waals surface area contributed by atoms with Gasteiger partial charge in [-0.15, -0.1) is 0 Å². The second-order valence-corrected chi connectivity index (χ2v) is 20.0. The first-order chi connectivity index (χ1) is 34.2. The maximum atomic E-state index is 13.0. The maximum Gasteiger partial charge on any atom is 0.305 e. The summed E-state index contributed by atoms with van der Waals surface area (Å²) in [6, 6.07) is -0.833. The van der Waals surface area contributed by atoms with Gasteiger partial charge in [0.25, 0.3) is 0 Å². The fraction of sp³-hybridized carbons (Fsp3) is 0.831. The molecule has 0 saturated carbocycles. The van der Waals surface area contributed by atoms with Crippen molar-refractivity contribution in [1.29, 1.82) is 0 Å². The van der Waals surface area contributed by atoms with Gasteiger partial charge in [-0.2, -0.15) is 0 Å². The third-order valence-electron chi connectivity index (χ3n) is 13.4. The Morgan fingerprint density at radius 2 is 0.929 bits per heavy atom. The molecule has 70 heavy (non-hydrogen) atoms. The van der Waals surface area contributed by atoms with Gasteiger partial charge >= 0.3 is 5.97 Å². The molecule has 0 aliphatic carbocycles. The largest absolute Gasteiger partial charge is 0.466 e. The molecule has 1 fully saturated rings. The van der Waals surface area contributed by atoms with E-state index in [9.17, 15) is 35.1 Å². The van der Waals surface area contributed by atoms with Gasteiger partial charge in [-0.25, -0.2) is 0 Å². The molecule has 1 amide bonds. The number of carbonyl (C=O) groups excluding carboxylic acids is 2. The molecular formula is C59H107NO10. The lowest BCUT2D eigenvalue weighted by Crippen LogP contribution is -2.60. The van der Waals surface area contributed by atoms with Crippen LogP contribution in [-0.2, 0) is 23.8 Å². The van der Waals surface area contributed by atoms with E-state index >= 15 is 0 Å². The van der Waals surface area contributed by atoms with Crippen molar-refractivity contribution in [3.8, 4) is 0 Å². The first-order valence-corrected chi connectivity index (χ1v) is 28.9. The summed E-state index contributed by atoms with van der Waals surface area (Å²) in [5.74, 6) is -0.223. The summed E-state index contributed by atoms with van der Waals surface area (Å²) in [7, 11) is 0. The summed E-state index contributed by atoms with van der Waals surface area (Å²) in [5, 5.41) is 54.1. The van der Waals surface area contributed by atoms with Crippen LogP contribution in [0.25, 0.3) is 0 Å². The monoisotopic (exact) mass is 990 g/mol. The van der Waals surface area contributed by atoms with E-state index in [1.807, 2.05) is 6.08 Å². The second kappa shape index (κ2) is 48.9. The molecule has 6 N–H and O–H groups in total. The number of aliphatic hydroxyl groups excluding tert-OH is 5. The molecule has 11 nitrogen and oxygen atoms in total. The number of hydrogen-bond acceptors (Lipinski definition) is 10. The van der Waals surface area contributed by atoms with Crippen molar-refractivity contribution in [3.05, 3.63) is 48.6 Å². The summed E-state index contributed by atoms with van der Waals surface area (Å²) >= 11 is 0. The molecule has 7 unspecified atom stereocenters. The molecule has 0 aromatic carbocycles. The standard InChI is InChI=1S/C59H107NO10/c1-3-5-7-9-11-13-14-23-27-31-35-39-43-47-55(64)68-48-44-40-36-32-28-25-22-20-18-16-15-17-19-21-24-26-30-34-38-42-46-54(63)60-51(52(62)45-41-37-33-29-12-10-8-6-4-2)50-69-59-58(67)57(66)56(65)53(49-61)70-59/h12-15,17,29,41,45,51-53,56-59,61-62,65-67H,3-11,16,18-28,30-40,42-44,46-50H2,1-2H3,(H,60,63)/b14-13-,17-15-,29-12+,45-41+. The Labute approximate surface area is 427 Å². The lowest BCUT2D eigenvalue weighted by Gasteiger charge is -2.40. The van der Waals surface area contributed by atoms with Crippen LogP contribution in [0.3, 0.4) is 0 Å². The van der Waals surface area contributed by atoms with Crippen LogP contribution >= 0.6 is 0 Å². The average Bonchev–Trinajstić information content (AvgIpc) is 3.36. The van der Waals surface area contributed by atoms with Crippen molar-refractivity contribution in [2.75, 3.05) is 19.8 Å². The summed E-state index contributed by atoms with van der Waals surface area (Å²) in [6.07, 6.45) is 50.7. The summed E-state index contributed by atoms with van der Waals surface area (Å²) in [5.41, 5.74) is 0. The van der Waals surface area contributed by atoms with Gasteiger partial charge in [0.05, 0.1) is 32.0 Å². The first-order valence-electron chi connectivity index (χ1n) is 28.9. The number of hydrogen-bond donors (Lipinski definition) is 6. The molecule has 1 heterocycles. The summed E-state index contributed by atoms with van der Waals surface area (Å²) in [6.45, 7) is 4.23. The van der Waals surface area contributed by atoms with Gasteiger partial charge in [0.2, 0.25) is 5.91 Å². The van der Waals surface area contributed by atoms with Gasteiger partial charge in [0.1, 0.15) is 24.4 Å². The van der Waals surface area contributed by atoms with Crippen LogP contribution in [0.5, 0.6) is 0 Å². The third-order valence-corrected chi connectivity index (χ3v) is 13.4. The van der Waals surface area contributed by atoms with E-state index in [2.05, 4.69) is 55.6 Å². The van der Waals surface area contributed by atoms with E-state index in [1.54, 1.807) is 6.08 Å². The quantitative estimate of drug-likeness (QED) is 0.0196. The Bertz CT molecular complexity index is 1300. The third kappa shape index (κ3) is 38.3. The van der Waals surface area contributed by atoms with Crippen molar-refractivity contribution in [3.63, 3.8) is 0 Å². The van der Waals surface area contributed by atoms with Crippen molar-refractivity contribution >= 4 is 11.9 Å². The normalized spacial score (nSPS) is 19.6. The predicted molar refractivity (Wildman–Crippen MR) is 287 cm³/mol. The van der Waals surface area contributed by atoms with Crippen LogP contribution in [0.15, 0.2) is 48.6 Å². The zero-order chi connectivity index (χ0) is 51.0. The summed E-state index contributed by atoms with van der Waals surface area (Å²) < 4.78 is 16.6. The number of amides is 1. The van der Waals surface area contributed by atoms with Crippen LogP contribution in [0.2, 0.25) is 0 Å². The molecule has 1 rings (SSSR count). The van der Waals surface area contributed by atoms with E-state index in [1.165, 1.54) is 148 Å². The number of nitrogens with one attached hydrogen (secondary N) is 1. The van der Waals surface area contributed by atoms with Gasteiger partial charge < -0.3 is 45.1 Å². The topological polar surface area (TPSA) is 175 Å². The SMILES string of the molecule is CCCCC/C=C/CC/C=C/C(O)C(COC1OC(CO)C(O)C(O)C1O)NC(=O)CCCCCCCCC/C=C\CCCCCCCCCCCOC(=O)CCCCCCC/C=C\CCCCCC. The van der Waals surface area contributed by atoms with E-state index < -0.39 is 49.5 Å². The van der Waals surface area contributed by atoms with E-state index in [-0.39, 0.29) is 18.5 Å². The summed E-state index contributed by atoms with van der Waals surface area (Å²) in [4.78, 5) is 25.0. The van der Waals surface area contributed by atoms with E-state index in [0.29, 0.717) is 19.4 Å². The zero-order valence-electron chi connectivity index (χ0n) is 44.7. The number of rotatable bonds is 49. The van der Waals surface area contributed by atoms with Crippen molar-refractivity contribution < 1.29 is 49.3 Å². The lowest BCUT2D eigenvalue weighted by molar-refractivity contribution is -0.302. The zero-order valence-corrected chi connectivity index (χ0v) is 44.7. The Morgan fingerprint density at radius 1 is 0.514 bits per heavy atom. The Kier molecular flexibility index (Phi) is 45.8. The van der Waals surface area contributed by atoms with Crippen molar-refractivity contribution in [2.24, 2.45) is 0 Å². The highest BCUT2D eigenvalue weighted by Gasteiger charge is 2.44. The molecule has 0 radical (unpaired) electrons. The molecule has 1 aliphatic rings. The number of unbranched alkanes of at least 4 members (excludes halogenated alkanes) is 29. The molecule has 0 spiro atoms. The minimum Gasteiger partial charge on any atom is -0.466 e. The Balaban J connectivity index is 2.05. The highest BCUT2D eigenvalue weighted by Crippen LogP contribution is 2.23. The van der Waals surface area contributed by atoms with Crippen LogP contribution in [-0.4, -0.2) is 100 Å². The minimum atomic E-state index is -1.58. The van der Waals surface area contributed by atoms with Crippen molar-refractivity contribution in [2.45, 2.75) is 294 Å². The number of carbonyl (C=O) groups is 2. The number of allylic oxidation sites excluding steroid dienone is 7. The van der Waals surface area contributed by atoms with Crippen LogP contribution < -0.4 is 5.32 Å². The Hall–Kier alpha value is -2.38. The average molecular weight is 991 g/mol. The van der Waals surface area contributed by atoms with Crippen LogP contribution in [0.4, 0.5) is 0 Å². The van der Waals surface area contributed by atoms with E-state index in [4.69, 9.17) is 14.2 Å². The molecule has 7 atom stereocenters. The molecule has 1 saturated heterocycles. The van der Waals surface area contributed by atoms with E-state index in [0.717, 1.165) is 77.0 Å². The molecule has 408 valence electrons. The van der Waals surface area contributed by atoms with Crippen LogP contribution in [0.1, 0.15) is 251 Å². The fourth-order valence-electron chi connectivity index (χ4n) is 8.73. The van der Waals surface area contributed by atoms with Crippen LogP contribution in [0, 0.1) is 0 Å². The molecule has 1 aliphatic heterocycles. The molecule has 0 aromatic heterocycles. The first kappa shape index (κ1) is 65.6. The van der Waals surface area contributed by atoms with Gasteiger partial charge in [-0.3, -0.25) is 9.59 Å². The second-order valence-electron chi connectivity index (χ2n) is 20.0. The number of ether oxygens (including phenoxy) is 3. The number of aliphatic hydroxyl groups is 5. The molecule has 11 heteroatoms. The predicted octanol–water partition coefficient (Wildman–Crippen LogP) is 12.9. The van der Waals surface area contributed by atoms with Crippen molar-refractivity contribution in [1.82, 2.24) is 5.32 Å². The highest BCUT2D eigenvalue weighted by atomic mass is 16.7. The Morgan fingerprint density at radius 3 is 1.44 bits per heavy atom. The van der Waals surface area contributed by atoms with Gasteiger partial charge in [-0.1, -0.05) is 191 Å². The minimum absolute atomic E-state index is 0.0184. The fourth-order valence-corrected chi connectivity index (χ4v) is 8.73. The molecule has 0 bridgehead atoms. The van der Waals surface area contributed by atoms with Gasteiger partial charge in [0, 0.05) is 12.8 Å². The lowest BCUT2D eigenvalue weighted by atomic mass is 9.99. The number of esters is 1. The maximum absolute atomic E-state index is 13.0. The molecular weight excluding hydrogens is 883 g/mol. The van der Waals surface area contributed by atoms with Gasteiger partial charge in [-0.05, 0) is 96.3 Å².